The van der Waals surface area contributed by atoms with Crippen molar-refractivity contribution in [2.75, 3.05) is 18.0 Å². The van der Waals surface area contributed by atoms with Crippen LogP contribution in [0.1, 0.15) is 32.9 Å². The first-order valence-corrected chi connectivity index (χ1v) is 7.17. The first-order chi connectivity index (χ1) is 9.63. The Kier molecular flexibility index (Phi) is 4.42. The summed E-state index contributed by atoms with van der Waals surface area (Å²) in [6.45, 7) is 11.1. The zero-order valence-corrected chi connectivity index (χ0v) is 12.4. The first kappa shape index (κ1) is 14.6. The minimum Gasteiger partial charge on any atom is -0.367 e. The number of alkyl halides is 1. The van der Waals surface area contributed by atoms with E-state index in [0.717, 1.165) is 29.1 Å². The largest absolute Gasteiger partial charge is 0.367 e. The number of rotatable bonds is 2. The van der Waals surface area contributed by atoms with Gasteiger partial charge in [-0.05, 0) is 31.1 Å². The molecule has 3 heterocycles. The van der Waals surface area contributed by atoms with E-state index in [1.165, 1.54) is 0 Å². The Balaban J connectivity index is 0.000000704. The van der Waals surface area contributed by atoms with Gasteiger partial charge in [0.2, 0.25) is 0 Å². The van der Waals surface area contributed by atoms with Gasteiger partial charge in [-0.3, -0.25) is 0 Å². The number of fused-ring (bicyclic) bond motifs is 1. The van der Waals surface area contributed by atoms with Gasteiger partial charge in [-0.15, -0.1) is 0 Å². The number of hydrogen-bond donors (Lipinski definition) is 0. The third-order valence-corrected chi connectivity index (χ3v) is 3.37. The van der Waals surface area contributed by atoms with Gasteiger partial charge in [-0.2, -0.15) is 0 Å². The summed E-state index contributed by atoms with van der Waals surface area (Å²) in [5.74, 6) is 0. The van der Waals surface area contributed by atoms with Gasteiger partial charge in [0.1, 0.15) is 11.8 Å². The lowest BCUT2D eigenvalue weighted by atomic mass is 10.3. The second-order valence-electron chi connectivity index (χ2n) is 4.89. The molecule has 20 heavy (non-hydrogen) atoms. The average Bonchev–Trinajstić information content (AvgIpc) is 3.06. The standard InChI is InChI=1S/C14H16FN3.C2H6/c1-10(2)13-9-18-8-12(3-4-14(18)16-13)17-6-5-11(15)7-17;1-2/h3-4,8-9,11H,1,5-7H2,2H3;1-2H3. The Labute approximate surface area is 119 Å². The SMILES string of the molecule is C=C(C)c1cn2cc(N3CCC(F)C3)ccc2n1.CC. The van der Waals surface area contributed by atoms with Gasteiger partial charge < -0.3 is 9.30 Å². The van der Waals surface area contributed by atoms with Crippen molar-refractivity contribution >= 4 is 16.9 Å². The molecule has 1 aliphatic rings. The molecule has 1 fully saturated rings. The van der Waals surface area contributed by atoms with Crippen LogP contribution in [0.5, 0.6) is 0 Å². The van der Waals surface area contributed by atoms with Crippen LogP contribution in [-0.4, -0.2) is 28.6 Å². The van der Waals surface area contributed by atoms with Gasteiger partial charge >= 0.3 is 0 Å². The highest BCUT2D eigenvalue weighted by molar-refractivity contribution is 5.62. The van der Waals surface area contributed by atoms with Crippen molar-refractivity contribution in [3.8, 4) is 0 Å². The number of hydrogen-bond acceptors (Lipinski definition) is 2. The molecule has 0 N–H and O–H groups in total. The van der Waals surface area contributed by atoms with Crippen molar-refractivity contribution in [2.24, 2.45) is 0 Å². The number of aromatic nitrogens is 2. The number of halogens is 1. The second kappa shape index (κ2) is 6.07. The third-order valence-electron chi connectivity index (χ3n) is 3.37. The molecule has 0 saturated carbocycles. The lowest BCUT2D eigenvalue weighted by Gasteiger charge is -2.17. The second-order valence-corrected chi connectivity index (χ2v) is 4.89. The van der Waals surface area contributed by atoms with Crippen LogP contribution >= 0.6 is 0 Å². The molecular formula is C16H22FN3. The normalized spacial score (nSPS) is 18.0. The summed E-state index contributed by atoms with van der Waals surface area (Å²) in [5, 5.41) is 0. The fraction of sp³-hybridized carbons (Fsp3) is 0.438. The van der Waals surface area contributed by atoms with E-state index in [-0.39, 0.29) is 0 Å². The molecule has 0 aromatic carbocycles. The molecule has 3 nitrogen and oxygen atoms in total. The topological polar surface area (TPSA) is 20.5 Å². The van der Waals surface area contributed by atoms with Crippen LogP contribution in [0.3, 0.4) is 0 Å². The highest BCUT2D eigenvalue weighted by atomic mass is 19.1. The van der Waals surface area contributed by atoms with Crippen molar-refractivity contribution in [1.29, 1.82) is 0 Å². The molecule has 1 atom stereocenters. The Bertz CT molecular complexity index is 603. The van der Waals surface area contributed by atoms with E-state index in [1.54, 1.807) is 0 Å². The van der Waals surface area contributed by atoms with Crippen molar-refractivity contribution < 1.29 is 4.39 Å². The monoisotopic (exact) mass is 275 g/mol. The predicted octanol–water partition coefficient (Wildman–Crippen LogP) is 3.94. The smallest absolute Gasteiger partial charge is 0.137 e. The minimum absolute atomic E-state index is 0.494. The van der Waals surface area contributed by atoms with Crippen molar-refractivity contribution in [1.82, 2.24) is 9.38 Å². The molecule has 4 heteroatoms. The zero-order chi connectivity index (χ0) is 14.7. The fourth-order valence-corrected chi connectivity index (χ4v) is 2.32. The van der Waals surface area contributed by atoms with Gasteiger partial charge in [0.05, 0.1) is 11.4 Å². The van der Waals surface area contributed by atoms with Gasteiger partial charge in [0, 0.05) is 25.5 Å². The molecule has 0 radical (unpaired) electrons. The summed E-state index contributed by atoms with van der Waals surface area (Å²) in [4.78, 5) is 6.54. The molecule has 0 aliphatic carbocycles. The van der Waals surface area contributed by atoms with E-state index >= 15 is 0 Å². The molecule has 1 unspecified atom stereocenters. The van der Waals surface area contributed by atoms with E-state index in [4.69, 9.17) is 0 Å². The van der Waals surface area contributed by atoms with Crippen LogP contribution in [0.25, 0.3) is 11.2 Å². The fourth-order valence-electron chi connectivity index (χ4n) is 2.32. The molecule has 1 aliphatic heterocycles. The summed E-state index contributed by atoms with van der Waals surface area (Å²) >= 11 is 0. The van der Waals surface area contributed by atoms with Crippen LogP contribution in [0, 0.1) is 0 Å². The molecule has 0 spiro atoms. The number of anilines is 1. The number of pyridine rings is 1. The van der Waals surface area contributed by atoms with Gasteiger partial charge in [0.15, 0.2) is 0 Å². The maximum absolute atomic E-state index is 13.2. The van der Waals surface area contributed by atoms with Crippen LogP contribution in [-0.2, 0) is 0 Å². The average molecular weight is 275 g/mol. The van der Waals surface area contributed by atoms with Crippen molar-refractivity contribution in [3.05, 3.63) is 36.8 Å². The highest BCUT2D eigenvalue weighted by Crippen LogP contribution is 2.23. The number of nitrogens with zero attached hydrogens (tertiary/aromatic N) is 3. The molecule has 108 valence electrons. The molecule has 0 bridgehead atoms. The highest BCUT2D eigenvalue weighted by Gasteiger charge is 2.22. The van der Waals surface area contributed by atoms with E-state index in [2.05, 4.69) is 16.5 Å². The first-order valence-electron chi connectivity index (χ1n) is 7.17. The lowest BCUT2D eigenvalue weighted by molar-refractivity contribution is 0.364. The van der Waals surface area contributed by atoms with Gasteiger partial charge in [-0.25, -0.2) is 9.37 Å². The van der Waals surface area contributed by atoms with Crippen LogP contribution in [0.15, 0.2) is 31.1 Å². The summed E-state index contributed by atoms with van der Waals surface area (Å²) < 4.78 is 15.2. The molecule has 2 aromatic heterocycles. The number of allylic oxidation sites excluding steroid dienone is 1. The maximum Gasteiger partial charge on any atom is 0.137 e. The molecule has 1 saturated heterocycles. The van der Waals surface area contributed by atoms with Crippen LogP contribution in [0.4, 0.5) is 10.1 Å². The summed E-state index contributed by atoms with van der Waals surface area (Å²) in [6, 6.07) is 3.97. The summed E-state index contributed by atoms with van der Waals surface area (Å²) in [7, 11) is 0. The summed E-state index contributed by atoms with van der Waals surface area (Å²) in [6.07, 6.45) is 3.89. The van der Waals surface area contributed by atoms with E-state index in [0.29, 0.717) is 13.0 Å². The predicted molar refractivity (Wildman–Crippen MR) is 83.0 cm³/mol. The maximum atomic E-state index is 13.2. The van der Waals surface area contributed by atoms with Crippen LogP contribution < -0.4 is 4.90 Å². The Morgan fingerprint density at radius 3 is 2.70 bits per heavy atom. The van der Waals surface area contributed by atoms with E-state index in [9.17, 15) is 4.39 Å². The molecule has 3 rings (SSSR count). The number of imidazole rings is 1. The zero-order valence-electron chi connectivity index (χ0n) is 12.4. The lowest BCUT2D eigenvalue weighted by Crippen LogP contribution is -2.20. The molecule has 2 aromatic rings. The van der Waals surface area contributed by atoms with Crippen molar-refractivity contribution in [2.45, 2.75) is 33.4 Å². The van der Waals surface area contributed by atoms with Gasteiger partial charge in [0.25, 0.3) is 0 Å². The quantitative estimate of drug-likeness (QED) is 0.827. The van der Waals surface area contributed by atoms with Crippen LogP contribution in [0.2, 0.25) is 0 Å². The van der Waals surface area contributed by atoms with E-state index < -0.39 is 6.17 Å². The van der Waals surface area contributed by atoms with E-state index in [1.807, 2.05) is 49.7 Å². The summed E-state index contributed by atoms with van der Waals surface area (Å²) in [5.41, 5.74) is 3.79. The minimum atomic E-state index is -0.700. The molecular weight excluding hydrogens is 253 g/mol. The Morgan fingerprint density at radius 1 is 1.35 bits per heavy atom. The Morgan fingerprint density at radius 2 is 2.10 bits per heavy atom. The third kappa shape index (κ3) is 2.84. The van der Waals surface area contributed by atoms with Crippen molar-refractivity contribution in [3.63, 3.8) is 0 Å². The van der Waals surface area contributed by atoms with Gasteiger partial charge in [-0.1, -0.05) is 20.4 Å². The molecule has 0 amide bonds. The Hall–Kier alpha value is -1.84.